The third-order valence-electron chi connectivity index (χ3n) is 2.49. The molecule has 1 aromatic heterocycles. The number of hydrogen-bond acceptors (Lipinski definition) is 5. The molecule has 7 heteroatoms. The second kappa shape index (κ2) is 5.24. The maximum absolute atomic E-state index is 13.7. The fraction of sp³-hybridized carbons (Fsp3) is 0. The van der Waals surface area contributed by atoms with Crippen LogP contribution in [-0.2, 0) is 0 Å². The number of nitrogens with two attached hydrogens (primary N) is 1. The maximum atomic E-state index is 13.7. The van der Waals surface area contributed by atoms with Crippen LogP contribution in [0.3, 0.4) is 0 Å². The van der Waals surface area contributed by atoms with Crippen molar-refractivity contribution in [2.24, 2.45) is 0 Å². The molecule has 0 bridgehead atoms. The van der Waals surface area contributed by atoms with E-state index in [1.807, 2.05) is 0 Å². The molecule has 1 aromatic carbocycles. The lowest BCUT2D eigenvalue weighted by molar-refractivity contribution is 0.0697. The first-order valence-electron chi connectivity index (χ1n) is 5.46. The molecule has 0 amide bonds. The van der Waals surface area contributed by atoms with E-state index in [1.165, 1.54) is 24.4 Å². The van der Waals surface area contributed by atoms with Gasteiger partial charge in [0.05, 0.1) is 29.2 Å². The minimum atomic E-state index is -1.23. The number of carboxylic acids is 1. The normalized spacial score (nSPS) is 9.80. The number of carbonyl (C=O) groups is 1. The molecule has 2 aromatic rings. The Morgan fingerprint density at radius 3 is 2.80 bits per heavy atom. The molecule has 4 N–H and O–H groups in total. The number of aromatic nitrogens is 1. The Balaban J connectivity index is 2.40. The predicted octanol–water partition coefficient (Wildman–Crippen LogP) is 2.12. The number of halogens is 1. The Kier molecular flexibility index (Phi) is 3.48. The molecule has 0 saturated heterocycles. The molecule has 0 aliphatic rings. The van der Waals surface area contributed by atoms with E-state index in [9.17, 15) is 9.18 Å². The summed E-state index contributed by atoms with van der Waals surface area (Å²) in [7, 11) is 0. The minimum Gasteiger partial charge on any atom is -0.478 e. The Morgan fingerprint density at radius 2 is 2.20 bits per heavy atom. The van der Waals surface area contributed by atoms with Gasteiger partial charge in [-0.3, -0.25) is 0 Å². The lowest BCUT2D eigenvalue weighted by Gasteiger charge is -2.10. The van der Waals surface area contributed by atoms with Crippen LogP contribution in [0.25, 0.3) is 0 Å². The second-order valence-corrected chi connectivity index (χ2v) is 3.90. The average Bonchev–Trinajstić information content (AvgIpc) is 2.42. The van der Waals surface area contributed by atoms with Crippen molar-refractivity contribution in [1.29, 1.82) is 5.26 Å². The van der Waals surface area contributed by atoms with Gasteiger partial charge in [0, 0.05) is 0 Å². The second-order valence-electron chi connectivity index (χ2n) is 3.90. The molecule has 0 aliphatic heterocycles. The molecule has 0 aliphatic carbocycles. The topological polar surface area (TPSA) is 112 Å². The Morgan fingerprint density at radius 1 is 1.45 bits per heavy atom. The zero-order valence-corrected chi connectivity index (χ0v) is 10.1. The standard InChI is InChI=1S/C13H9FN4O2/c14-10-3-7(5-15)1-2-11(10)18-12-9(13(19)20)4-8(16)6-17-12/h1-4,6H,16H2,(H,17,18)(H,19,20). The third kappa shape index (κ3) is 2.64. The molecular formula is C13H9FN4O2. The van der Waals surface area contributed by atoms with Crippen molar-refractivity contribution < 1.29 is 14.3 Å². The lowest BCUT2D eigenvalue weighted by atomic mass is 10.2. The molecule has 1 heterocycles. The van der Waals surface area contributed by atoms with Crippen LogP contribution in [0.1, 0.15) is 15.9 Å². The van der Waals surface area contributed by atoms with Gasteiger partial charge in [-0.05, 0) is 24.3 Å². The molecule has 20 heavy (non-hydrogen) atoms. The SMILES string of the molecule is N#Cc1ccc(Nc2ncc(N)cc2C(=O)O)c(F)c1. The largest absolute Gasteiger partial charge is 0.478 e. The summed E-state index contributed by atoms with van der Waals surface area (Å²) in [5.41, 5.74) is 5.66. The van der Waals surface area contributed by atoms with Gasteiger partial charge in [-0.15, -0.1) is 0 Å². The monoisotopic (exact) mass is 272 g/mol. The van der Waals surface area contributed by atoms with Crippen LogP contribution in [0.15, 0.2) is 30.5 Å². The van der Waals surface area contributed by atoms with E-state index in [0.717, 1.165) is 6.07 Å². The van der Waals surface area contributed by atoms with E-state index in [1.54, 1.807) is 6.07 Å². The summed E-state index contributed by atoms with van der Waals surface area (Å²) >= 11 is 0. The molecule has 0 fully saturated rings. The van der Waals surface area contributed by atoms with Crippen molar-refractivity contribution in [2.75, 3.05) is 11.1 Å². The molecule has 0 radical (unpaired) electrons. The van der Waals surface area contributed by atoms with Crippen molar-refractivity contribution in [3.63, 3.8) is 0 Å². The number of nitriles is 1. The van der Waals surface area contributed by atoms with Crippen LogP contribution in [0.2, 0.25) is 0 Å². The Bertz CT molecular complexity index is 725. The number of carboxylic acid groups (broad SMARTS) is 1. The van der Waals surface area contributed by atoms with Crippen LogP contribution in [0.4, 0.5) is 21.6 Å². The summed E-state index contributed by atoms with van der Waals surface area (Å²) < 4.78 is 13.7. The lowest BCUT2D eigenvalue weighted by Crippen LogP contribution is -2.07. The van der Waals surface area contributed by atoms with Crippen molar-refractivity contribution >= 4 is 23.2 Å². The fourth-order valence-electron chi connectivity index (χ4n) is 1.56. The van der Waals surface area contributed by atoms with Crippen LogP contribution in [0.5, 0.6) is 0 Å². The molecule has 100 valence electrons. The summed E-state index contributed by atoms with van der Waals surface area (Å²) in [5.74, 6) is -1.95. The highest BCUT2D eigenvalue weighted by molar-refractivity contribution is 5.94. The van der Waals surface area contributed by atoms with Gasteiger partial charge in [-0.1, -0.05) is 0 Å². The minimum absolute atomic E-state index is 0.0174. The van der Waals surface area contributed by atoms with Gasteiger partial charge in [0.1, 0.15) is 17.2 Å². The van der Waals surface area contributed by atoms with Crippen molar-refractivity contribution in [1.82, 2.24) is 4.98 Å². The number of rotatable bonds is 3. The van der Waals surface area contributed by atoms with E-state index < -0.39 is 11.8 Å². The van der Waals surface area contributed by atoms with Gasteiger partial charge in [0.15, 0.2) is 0 Å². The number of pyridine rings is 1. The maximum Gasteiger partial charge on any atom is 0.339 e. The van der Waals surface area contributed by atoms with E-state index >= 15 is 0 Å². The molecule has 0 unspecified atom stereocenters. The fourth-order valence-corrected chi connectivity index (χ4v) is 1.56. The smallest absolute Gasteiger partial charge is 0.339 e. The molecule has 0 saturated carbocycles. The summed E-state index contributed by atoms with van der Waals surface area (Å²) in [6, 6.07) is 6.80. The first-order chi connectivity index (χ1) is 9.51. The van der Waals surface area contributed by atoms with E-state index in [4.69, 9.17) is 16.1 Å². The predicted molar refractivity (Wildman–Crippen MR) is 70.0 cm³/mol. The molecular weight excluding hydrogens is 263 g/mol. The molecule has 0 spiro atoms. The first kappa shape index (κ1) is 13.3. The van der Waals surface area contributed by atoms with Gasteiger partial charge in [-0.25, -0.2) is 14.2 Å². The number of benzene rings is 1. The Hall–Kier alpha value is -3.14. The highest BCUT2D eigenvalue weighted by Crippen LogP contribution is 2.23. The first-order valence-corrected chi connectivity index (χ1v) is 5.46. The van der Waals surface area contributed by atoms with Crippen LogP contribution < -0.4 is 11.1 Å². The number of nitrogens with zero attached hydrogens (tertiary/aromatic N) is 2. The zero-order valence-electron chi connectivity index (χ0n) is 10.1. The van der Waals surface area contributed by atoms with Crippen molar-refractivity contribution in [3.8, 4) is 6.07 Å². The summed E-state index contributed by atoms with van der Waals surface area (Å²) in [5, 5.41) is 20.3. The number of nitrogen functional groups attached to an aromatic ring is 1. The summed E-state index contributed by atoms with van der Waals surface area (Å²) in [6.07, 6.45) is 1.26. The van der Waals surface area contributed by atoms with Crippen LogP contribution in [0, 0.1) is 17.1 Å². The highest BCUT2D eigenvalue weighted by Gasteiger charge is 2.14. The average molecular weight is 272 g/mol. The van der Waals surface area contributed by atoms with Crippen molar-refractivity contribution in [3.05, 3.63) is 47.4 Å². The van der Waals surface area contributed by atoms with Crippen LogP contribution >= 0.6 is 0 Å². The third-order valence-corrected chi connectivity index (χ3v) is 2.49. The van der Waals surface area contributed by atoms with Gasteiger partial charge in [0.25, 0.3) is 0 Å². The van der Waals surface area contributed by atoms with E-state index in [0.29, 0.717) is 0 Å². The zero-order chi connectivity index (χ0) is 14.7. The van der Waals surface area contributed by atoms with Gasteiger partial charge < -0.3 is 16.2 Å². The summed E-state index contributed by atoms with van der Waals surface area (Å²) in [6.45, 7) is 0. The van der Waals surface area contributed by atoms with E-state index in [2.05, 4.69) is 10.3 Å². The Labute approximate surface area is 113 Å². The quantitative estimate of drug-likeness (QED) is 0.788. The van der Waals surface area contributed by atoms with Gasteiger partial charge in [-0.2, -0.15) is 5.26 Å². The number of aromatic carboxylic acids is 1. The van der Waals surface area contributed by atoms with Crippen LogP contribution in [-0.4, -0.2) is 16.1 Å². The highest BCUT2D eigenvalue weighted by atomic mass is 19.1. The number of anilines is 3. The van der Waals surface area contributed by atoms with E-state index in [-0.39, 0.29) is 28.3 Å². The van der Waals surface area contributed by atoms with Crippen molar-refractivity contribution in [2.45, 2.75) is 0 Å². The van der Waals surface area contributed by atoms with Gasteiger partial charge in [0.2, 0.25) is 0 Å². The molecule has 6 nitrogen and oxygen atoms in total. The molecule has 2 rings (SSSR count). The number of nitrogens with one attached hydrogen (secondary N) is 1. The molecule has 0 atom stereocenters. The number of hydrogen-bond donors (Lipinski definition) is 3. The summed E-state index contributed by atoms with van der Waals surface area (Å²) in [4.78, 5) is 14.9. The van der Waals surface area contributed by atoms with Gasteiger partial charge >= 0.3 is 5.97 Å².